The second-order valence-corrected chi connectivity index (χ2v) is 7.60. The molecule has 3 aromatic carbocycles. The predicted molar refractivity (Wildman–Crippen MR) is 116 cm³/mol. The Labute approximate surface area is 186 Å². The van der Waals surface area contributed by atoms with Crippen molar-refractivity contribution in [3.63, 3.8) is 0 Å². The first-order valence-electron chi connectivity index (χ1n) is 10.0. The molecule has 0 fully saturated rings. The highest BCUT2D eigenvalue weighted by Gasteiger charge is 2.45. The number of para-hydroxylation sites is 1. The number of anilines is 2. The summed E-state index contributed by atoms with van der Waals surface area (Å²) in [4.78, 5) is 39.9. The van der Waals surface area contributed by atoms with Crippen molar-refractivity contribution in [1.29, 1.82) is 0 Å². The molecule has 0 aliphatic carbocycles. The lowest BCUT2D eigenvalue weighted by Gasteiger charge is -2.22. The first-order chi connectivity index (χ1) is 15.9. The second-order valence-electron chi connectivity index (χ2n) is 7.60. The zero-order valence-electron chi connectivity index (χ0n) is 17.0. The molecular weight excluding hydrogens is 432 g/mol. The molecule has 0 saturated carbocycles. The van der Waals surface area contributed by atoms with Gasteiger partial charge in [0.05, 0.1) is 16.2 Å². The largest absolute Gasteiger partial charge is 0.336 e. The quantitative estimate of drug-likeness (QED) is 0.340. The second kappa shape index (κ2) is 7.63. The van der Waals surface area contributed by atoms with E-state index in [1.165, 1.54) is 24.3 Å². The zero-order chi connectivity index (χ0) is 23.3. The van der Waals surface area contributed by atoms with Crippen molar-refractivity contribution >= 4 is 34.4 Å². The SMILES string of the molecule is O=C1C(c2ccc([N+](=O)[O-])cc2)=C(N2CCc3ccccc32)C(=O)N1c1ccc(F)cc1F. The van der Waals surface area contributed by atoms with Gasteiger partial charge in [-0.3, -0.25) is 19.7 Å². The van der Waals surface area contributed by atoms with Crippen molar-refractivity contribution in [1.82, 2.24) is 0 Å². The van der Waals surface area contributed by atoms with Crippen molar-refractivity contribution < 1.29 is 23.3 Å². The number of amides is 2. The molecular formula is C24H15F2N3O4. The smallest absolute Gasteiger partial charge is 0.282 e. The normalized spacial score (nSPS) is 15.5. The van der Waals surface area contributed by atoms with E-state index < -0.39 is 28.4 Å². The Hall–Kier alpha value is -4.40. The van der Waals surface area contributed by atoms with Gasteiger partial charge in [-0.2, -0.15) is 0 Å². The number of nitrogens with zero attached hydrogens (tertiary/aromatic N) is 3. The van der Waals surface area contributed by atoms with Crippen molar-refractivity contribution in [2.45, 2.75) is 6.42 Å². The third-order valence-corrected chi connectivity index (χ3v) is 5.73. The van der Waals surface area contributed by atoms with Crippen LogP contribution in [0.15, 0.2) is 72.4 Å². The van der Waals surface area contributed by atoms with E-state index in [4.69, 9.17) is 0 Å². The molecule has 164 valence electrons. The minimum absolute atomic E-state index is 0.00433. The maximum atomic E-state index is 14.6. The number of carbonyl (C=O) groups is 2. The Morgan fingerprint density at radius 2 is 1.61 bits per heavy atom. The van der Waals surface area contributed by atoms with Crippen LogP contribution in [0.3, 0.4) is 0 Å². The fourth-order valence-electron chi connectivity index (χ4n) is 4.23. The maximum absolute atomic E-state index is 14.6. The number of hydrogen-bond donors (Lipinski definition) is 0. The van der Waals surface area contributed by atoms with Crippen molar-refractivity contribution in [2.75, 3.05) is 16.3 Å². The van der Waals surface area contributed by atoms with Gasteiger partial charge in [0.15, 0.2) is 0 Å². The van der Waals surface area contributed by atoms with Crippen LogP contribution in [-0.2, 0) is 16.0 Å². The van der Waals surface area contributed by atoms with Gasteiger partial charge in [-0.25, -0.2) is 13.7 Å². The van der Waals surface area contributed by atoms with Gasteiger partial charge in [-0.15, -0.1) is 0 Å². The van der Waals surface area contributed by atoms with Gasteiger partial charge in [0, 0.05) is 30.4 Å². The van der Waals surface area contributed by atoms with Crippen molar-refractivity contribution in [3.8, 4) is 0 Å². The Bertz CT molecular complexity index is 1370. The van der Waals surface area contributed by atoms with Crippen LogP contribution in [0.4, 0.5) is 25.8 Å². The number of hydrogen-bond acceptors (Lipinski definition) is 5. The Morgan fingerprint density at radius 1 is 0.879 bits per heavy atom. The summed E-state index contributed by atoms with van der Waals surface area (Å²) in [7, 11) is 0. The van der Waals surface area contributed by atoms with Crippen LogP contribution in [0.25, 0.3) is 5.57 Å². The molecule has 2 aliphatic heterocycles. The molecule has 0 unspecified atom stereocenters. The number of carbonyl (C=O) groups excluding carboxylic acids is 2. The lowest BCUT2D eigenvalue weighted by molar-refractivity contribution is -0.384. The number of benzene rings is 3. The molecule has 3 aromatic rings. The minimum atomic E-state index is -1.05. The van der Waals surface area contributed by atoms with Crippen LogP contribution < -0.4 is 9.80 Å². The number of non-ortho nitro benzene ring substituents is 1. The van der Waals surface area contributed by atoms with E-state index in [1.54, 1.807) is 4.90 Å². The predicted octanol–water partition coefficient (Wildman–Crippen LogP) is 4.22. The molecule has 0 bridgehead atoms. The highest BCUT2D eigenvalue weighted by atomic mass is 19.1. The summed E-state index contributed by atoms with van der Waals surface area (Å²) in [5, 5.41) is 11.0. The van der Waals surface area contributed by atoms with Crippen LogP contribution >= 0.6 is 0 Å². The summed E-state index contributed by atoms with van der Waals surface area (Å²) in [5.41, 5.74) is 1.51. The Morgan fingerprint density at radius 3 is 2.30 bits per heavy atom. The van der Waals surface area contributed by atoms with Gasteiger partial charge < -0.3 is 4.90 Å². The van der Waals surface area contributed by atoms with E-state index in [0.29, 0.717) is 23.9 Å². The summed E-state index contributed by atoms with van der Waals surface area (Å²) in [6.07, 6.45) is 0.638. The van der Waals surface area contributed by atoms with E-state index in [9.17, 15) is 28.5 Å². The van der Waals surface area contributed by atoms with Gasteiger partial charge in [0.2, 0.25) is 0 Å². The standard InChI is InChI=1S/C24H15F2N3O4/c25-16-7-10-20(18(26)13-16)28-23(30)21(15-5-8-17(9-6-15)29(32)33)22(24(28)31)27-12-11-14-3-1-2-4-19(14)27/h1-10,13H,11-12H2. The van der Waals surface area contributed by atoms with Crippen molar-refractivity contribution in [2.24, 2.45) is 0 Å². The summed E-state index contributed by atoms with van der Waals surface area (Å²) in [6, 6.07) is 15.2. The fourth-order valence-corrected chi connectivity index (χ4v) is 4.23. The maximum Gasteiger partial charge on any atom is 0.282 e. The van der Waals surface area contributed by atoms with E-state index in [2.05, 4.69) is 0 Å². The molecule has 0 aromatic heterocycles. The first kappa shape index (κ1) is 20.5. The van der Waals surface area contributed by atoms with Gasteiger partial charge in [0.1, 0.15) is 17.3 Å². The molecule has 33 heavy (non-hydrogen) atoms. The van der Waals surface area contributed by atoms with E-state index in [0.717, 1.165) is 23.4 Å². The fraction of sp³-hybridized carbons (Fsp3) is 0.0833. The third kappa shape index (κ3) is 3.25. The van der Waals surface area contributed by atoms with Gasteiger partial charge in [0.25, 0.3) is 17.5 Å². The van der Waals surface area contributed by atoms with Crippen molar-refractivity contribution in [3.05, 3.63) is 105 Å². The molecule has 2 heterocycles. The zero-order valence-corrected chi connectivity index (χ0v) is 17.0. The van der Waals surface area contributed by atoms with Crippen LogP contribution in [0.5, 0.6) is 0 Å². The highest BCUT2D eigenvalue weighted by molar-refractivity contribution is 6.46. The number of imide groups is 1. The molecule has 2 amide bonds. The monoisotopic (exact) mass is 447 g/mol. The van der Waals surface area contributed by atoms with Gasteiger partial charge in [-0.05, 0) is 47.9 Å². The molecule has 9 heteroatoms. The van der Waals surface area contributed by atoms with Crippen LogP contribution in [0, 0.1) is 21.7 Å². The lowest BCUT2D eigenvalue weighted by atomic mass is 10.0. The molecule has 2 aliphatic rings. The molecule has 5 rings (SSSR count). The molecule has 7 nitrogen and oxygen atoms in total. The summed E-state index contributed by atoms with van der Waals surface area (Å²) in [5.74, 6) is -3.44. The highest BCUT2D eigenvalue weighted by Crippen LogP contribution is 2.40. The molecule has 0 N–H and O–H groups in total. The van der Waals surface area contributed by atoms with Crippen LogP contribution in [0.1, 0.15) is 11.1 Å². The molecule has 0 atom stereocenters. The topological polar surface area (TPSA) is 83.8 Å². The number of rotatable bonds is 4. The van der Waals surface area contributed by atoms with E-state index in [-0.39, 0.29) is 28.2 Å². The molecule has 0 radical (unpaired) electrons. The Kier molecular flexibility index (Phi) is 4.74. The van der Waals surface area contributed by atoms with Gasteiger partial charge >= 0.3 is 0 Å². The average molecular weight is 447 g/mol. The summed E-state index contributed by atoms with van der Waals surface area (Å²) < 4.78 is 28.0. The minimum Gasteiger partial charge on any atom is -0.336 e. The van der Waals surface area contributed by atoms with E-state index >= 15 is 0 Å². The first-order valence-corrected chi connectivity index (χ1v) is 10.0. The molecule has 0 saturated heterocycles. The average Bonchev–Trinajstić information content (AvgIpc) is 3.32. The van der Waals surface area contributed by atoms with Gasteiger partial charge in [-0.1, -0.05) is 18.2 Å². The number of nitro groups is 1. The van der Waals surface area contributed by atoms with Crippen LogP contribution in [-0.4, -0.2) is 23.3 Å². The Balaban J connectivity index is 1.68. The summed E-state index contributed by atoms with van der Waals surface area (Å²) >= 11 is 0. The van der Waals surface area contributed by atoms with E-state index in [1.807, 2.05) is 24.3 Å². The third-order valence-electron chi connectivity index (χ3n) is 5.73. The number of fused-ring (bicyclic) bond motifs is 1. The van der Waals surface area contributed by atoms with Crippen LogP contribution in [0.2, 0.25) is 0 Å². The number of halogens is 2. The number of nitro benzene ring substituents is 1. The lowest BCUT2D eigenvalue weighted by Crippen LogP contribution is -2.35. The summed E-state index contributed by atoms with van der Waals surface area (Å²) in [6.45, 7) is 0.421. The molecule has 0 spiro atoms.